The maximum Gasteiger partial charge on any atom is 0.0415 e. The summed E-state index contributed by atoms with van der Waals surface area (Å²) in [4.78, 5) is 0. The van der Waals surface area contributed by atoms with Gasteiger partial charge in [-0.1, -0.05) is 0 Å². The Morgan fingerprint density at radius 3 is 2.43 bits per heavy atom. The Labute approximate surface area is 68.2 Å². The molecule has 38 valence electrons. The minimum Gasteiger partial charge on any atom is -0.150 e. The van der Waals surface area contributed by atoms with Crippen LogP contribution in [-0.2, 0) is 0 Å². The standard InChI is InChI=1S/C4H2BrIS/c5-3-1-7-2-4(3)6/h1-2H. The van der Waals surface area contributed by atoms with Crippen molar-refractivity contribution in [2.75, 3.05) is 0 Å². The fourth-order valence-electron chi connectivity index (χ4n) is 0.266. The zero-order chi connectivity index (χ0) is 5.28. The van der Waals surface area contributed by atoms with Gasteiger partial charge in [0.05, 0.1) is 0 Å². The van der Waals surface area contributed by atoms with Crippen molar-refractivity contribution >= 4 is 49.9 Å². The van der Waals surface area contributed by atoms with Crippen LogP contribution in [0.25, 0.3) is 0 Å². The molecule has 0 saturated heterocycles. The molecule has 3 heteroatoms. The van der Waals surface area contributed by atoms with E-state index < -0.39 is 0 Å². The summed E-state index contributed by atoms with van der Waals surface area (Å²) in [6, 6.07) is 0. The Hall–Kier alpha value is 0.910. The Morgan fingerprint density at radius 2 is 2.29 bits per heavy atom. The average molecular weight is 289 g/mol. The normalized spacial score (nSPS) is 9.43. The lowest BCUT2D eigenvalue weighted by atomic mass is 10.7. The van der Waals surface area contributed by atoms with Crippen molar-refractivity contribution in [2.24, 2.45) is 0 Å². The second kappa shape index (κ2) is 2.46. The summed E-state index contributed by atoms with van der Waals surface area (Å²) >= 11 is 7.36. The maximum atomic E-state index is 3.37. The van der Waals surface area contributed by atoms with Gasteiger partial charge in [0.15, 0.2) is 0 Å². The summed E-state index contributed by atoms with van der Waals surface area (Å²) in [7, 11) is 0. The molecule has 0 N–H and O–H groups in total. The van der Waals surface area contributed by atoms with Crippen LogP contribution in [0.15, 0.2) is 15.2 Å². The Kier molecular flexibility index (Phi) is 2.12. The number of halogens is 2. The molecule has 0 aliphatic carbocycles. The minimum absolute atomic E-state index is 1.21. The second-order valence-electron chi connectivity index (χ2n) is 1.07. The molecule has 0 radical (unpaired) electrons. The molecule has 0 saturated carbocycles. The largest absolute Gasteiger partial charge is 0.150 e. The van der Waals surface area contributed by atoms with Gasteiger partial charge in [0.2, 0.25) is 0 Å². The van der Waals surface area contributed by atoms with E-state index in [1.165, 1.54) is 8.04 Å². The zero-order valence-electron chi connectivity index (χ0n) is 3.32. The van der Waals surface area contributed by atoms with Crippen LogP contribution in [0.5, 0.6) is 0 Å². The van der Waals surface area contributed by atoms with E-state index >= 15 is 0 Å². The van der Waals surface area contributed by atoms with Crippen LogP contribution in [0.1, 0.15) is 0 Å². The molecule has 0 nitrogen and oxygen atoms in total. The van der Waals surface area contributed by atoms with Crippen LogP contribution in [0.4, 0.5) is 0 Å². The van der Waals surface area contributed by atoms with E-state index in [1.54, 1.807) is 11.3 Å². The fourth-order valence-corrected chi connectivity index (χ4v) is 2.22. The molecule has 0 unspecified atom stereocenters. The Balaban J connectivity index is 3.12. The van der Waals surface area contributed by atoms with Gasteiger partial charge in [0, 0.05) is 18.8 Å². The van der Waals surface area contributed by atoms with Crippen molar-refractivity contribution in [3.63, 3.8) is 0 Å². The highest BCUT2D eigenvalue weighted by Gasteiger charge is 1.91. The quantitative estimate of drug-likeness (QED) is 0.644. The summed E-state index contributed by atoms with van der Waals surface area (Å²) in [5, 5.41) is 4.17. The summed E-state index contributed by atoms with van der Waals surface area (Å²) in [6.07, 6.45) is 0. The molecule has 1 heterocycles. The van der Waals surface area contributed by atoms with Gasteiger partial charge in [0.25, 0.3) is 0 Å². The molecular formula is C4H2BrIS. The predicted molar refractivity (Wildman–Crippen MR) is 44.7 cm³/mol. The Bertz CT molecular complexity index is 144. The van der Waals surface area contributed by atoms with Crippen LogP contribution in [0, 0.1) is 3.57 Å². The summed E-state index contributed by atoms with van der Waals surface area (Å²) in [5.41, 5.74) is 0. The molecule has 0 aliphatic heterocycles. The molecule has 0 atom stereocenters. The third kappa shape index (κ3) is 1.40. The first-order chi connectivity index (χ1) is 3.30. The molecule has 1 aromatic rings. The molecule has 0 bridgehead atoms. The molecule has 7 heavy (non-hydrogen) atoms. The van der Waals surface area contributed by atoms with E-state index in [-0.39, 0.29) is 0 Å². The number of hydrogen-bond donors (Lipinski definition) is 0. The summed E-state index contributed by atoms with van der Waals surface area (Å²) in [6.45, 7) is 0. The monoisotopic (exact) mass is 288 g/mol. The first kappa shape index (κ1) is 6.04. The second-order valence-corrected chi connectivity index (χ2v) is 3.83. The SMILES string of the molecule is Brc1cscc1I. The molecule has 0 aliphatic rings. The maximum absolute atomic E-state index is 3.37. The number of hydrogen-bond acceptors (Lipinski definition) is 1. The topological polar surface area (TPSA) is 0 Å². The van der Waals surface area contributed by atoms with E-state index in [0.717, 1.165) is 0 Å². The first-order valence-electron chi connectivity index (χ1n) is 1.68. The summed E-state index contributed by atoms with van der Waals surface area (Å²) < 4.78 is 2.50. The van der Waals surface area contributed by atoms with Crippen molar-refractivity contribution in [3.05, 3.63) is 18.8 Å². The summed E-state index contributed by atoms with van der Waals surface area (Å²) in [5.74, 6) is 0. The van der Waals surface area contributed by atoms with Crippen LogP contribution < -0.4 is 0 Å². The highest BCUT2D eigenvalue weighted by Crippen LogP contribution is 2.22. The predicted octanol–water partition coefficient (Wildman–Crippen LogP) is 3.12. The molecule has 0 aromatic carbocycles. The molecule has 0 fully saturated rings. The molecule has 1 aromatic heterocycles. The van der Waals surface area contributed by atoms with Crippen LogP contribution in [-0.4, -0.2) is 0 Å². The van der Waals surface area contributed by atoms with Gasteiger partial charge in [-0.3, -0.25) is 0 Å². The zero-order valence-corrected chi connectivity index (χ0v) is 7.88. The molecule has 0 spiro atoms. The number of rotatable bonds is 0. The lowest BCUT2D eigenvalue weighted by Gasteiger charge is -1.74. The van der Waals surface area contributed by atoms with Crippen LogP contribution in [0.3, 0.4) is 0 Å². The van der Waals surface area contributed by atoms with E-state index in [4.69, 9.17) is 0 Å². The molecular weight excluding hydrogens is 287 g/mol. The van der Waals surface area contributed by atoms with E-state index in [1.807, 2.05) is 0 Å². The van der Waals surface area contributed by atoms with Crippen molar-refractivity contribution in [1.82, 2.24) is 0 Å². The lowest BCUT2D eigenvalue weighted by molar-refractivity contribution is 1.79. The van der Waals surface area contributed by atoms with Crippen LogP contribution in [0.2, 0.25) is 0 Å². The van der Waals surface area contributed by atoms with Gasteiger partial charge >= 0.3 is 0 Å². The average Bonchev–Trinajstić information content (AvgIpc) is 1.91. The number of thiophene rings is 1. The third-order valence-electron chi connectivity index (χ3n) is 0.571. The van der Waals surface area contributed by atoms with Crippen molar-refractivity contribution in [1.29, 1.82) is 0 Å². The highest BCUT2D eigenvalue weighted by atomic mass is 127. The Morgan fingerprint density at radius 1 is 1.57 bits per heavy atom. The third-order valence-corrected chi connectivity index (χ3v) is 4.33. The molecule has 0 amide bonds. The van der Waals surface area contributed by atoms with Crippen molar-refractivity contribution < 1.29 is 0 Å². The smallest absolute Gasteiger partial charge is 0.0415 e. The minimum atomic E-state index is 1.21. The van der Waals surface area contributed by atoms with Crippen LogP contribution >= 0.6 is 49.9 Å². The molecule has 1 rings (SSSR count). The highest BCUT2D eigenvalue weighted by molar-refractivity contribution is 14.1. The lowest BCUT2D eigenvalue weighted by Crippen LogP contribution is -1.53. The van der Waals surface area contributed by atoms with Gasteiger partial charge in [-0.25, -0.2) is 0 Å². The van der Waals surface area contributed by atoms with Gasteiger partial charge in [-0.15, -0.1) is 0 Å². The fraction of sp³-hybridized carbons (Fsp3) is 0. The van der Waals surface area contributed by atoms with E-state index in [2.05, 4.69) is 49.3 Å². The van der Waals surface area contributed by atoms with Gasteiger partial charge in [0.1, 0.15) is 0 Å². The van der Waals surface area contributed by atoms with Gasteiger partial charge in [-0.05, 0) is 38.5 Å². The van der Waals surface area contributed by atoms with E-state index in [0.29, 0.717) is 0 Å². The van der Waals surface area contributed by atoms with Crippen molar-refractivity contribution in [3.8, 4) is 0 Å². The van der Waals surface area contributed by atoms with Gasteiger partial charge < -0.3 is 0 Å². The van der Waals surface area contributed by atoms with E-state index in [9.17, 15) is 0 Å². The van der Waals surface area contributed by atoms with Gasteiger partial charge in [-0.2, -0.15) is 11.3 Å². The van der Waals surface area contributed by atoms with Crippen molar-refractivity contribution in [2.45, 2.75) is 0 Å². The first-order valence-corrected chi connectivity index (χ1v) is 4.49.